The summed E-state index contributed by atoms with van der Waals surface area (Å²) < 4.78 is 0. The number of rotatable bonds is 2. The summed E-state index contributed by atoms with van der Waals surface area (Å²) in [6.45, 7) is 2.35. The van der Waals surface area contributed by atoms with Gasteiger partial charge in [-0.25, -0.2) is 4.98 Å². The van der Waals surface area contributed by atoms with E-state index in [0.29, 0.717) is 0 Å². The summed E-state index contributed by atoms with van der Waals surface area (Å²) in [7, 11) is 0. The third kappa shape index (κ3) is 1.85. The molecule has 66 valence electrons. The molecule has 2 heterocycles. The van der Waals surface area contributed by atoms with Crippen LogP contribution in [0.5, 0.6) is 0 Å². The van der Waals surface area contributed by atoms with Crippen molar-refractivity contribution >= 4 is 0 Å². The Hall–Kier alpha value is -0.830. The molecular formula is C9H15N3. The Balaban J connectivity index is 1.86. The molecule has 1 fully saturated rings. The van der Waals surface area contributed by atoms with Gasteiger partial charge in [0.15, 0.2) is 0 Å². The molecule has 1 unspecified atom stereocenters. The molecule has 2 rings (SSSR count). The lowest BCUT2D eigenvalue weighted by Crippen LogP contribution is -2.30. The number of nitrogens with one attached hydrogen (secondary N) is 2. The number of aromatic amines is 1. The minimum absolute atomic E-state index is 0.794. The lowest BCUT2D eigenvalue weighted by atomic mass is 9.95. The van der Waals surface area contributed by atoms with Crippen molar-refractivity contribution in [2.45, 2.75) is 19.3 Å². The third-order valence-electron chi connectivity index (χ3n) is 2.45. The first kappa shape index (κ1) is 7.80. The predicted molar refractivity (Wildman–Crippen MR) is 47.9 cm³/mol. The highest BCUT2D eigenvalue weighted by molar-refractivity contribution is 4.96. The van der Waals surface area contributed by atoms with E-state index in [1.54, 1.807) is 6.33 Å². The van der Waals surface area contributed by atoms with Gasteiger partial charge in [0.2, 0.25) is 0 Å². The van der Waals surface area contributed by atoms with Crippen LogP contribution in [0, 0.1) is 5.92 Å². The van der Waals surface area contributed by atoms with Crippen LogP contribution in [0.3, 0.4) is 0 Å². The Morgan fingerprint density at radius 2 is 2.58 bits per heavy atom. The Bertz CT molecular complexity index is 212. The molecule has 1 aliphatic heterocycles. The van der Waals surface area contributed by atoms with Gasteiger partial charge in [-0.05, 0) is 38.3 Å². The van der Waals surface area contributed by atoms with E-state index in [-0.39, 0.29) is 0 Å². The molecular weight excluding hydrogens is 150 g/mol. The van der Waals surface area contributed by atoms with Gasteiger partial charge in [-0.3, -0.25) is 0 Å². The molecule has 2 N–H and O–H groups in total. The average Bonchev–Trinajstić information content (AvgIpc) is 2.59. The Morgan fingerprint density at radius 1 is 1.58 bits per heavy atom. The van der Waals surface area contributed by atoms with Crippen LogP contribution in [0.1, 0.15) is 18.5 Å². The molecule has 1 atom stereocenters. The lowest BCUT2D eigenvalue weighted by Gasteiger charge is -2.21. The molecule has 0 spiro atoms. The van der Waals surface area contributed by atoms with Crippen LogP contribution in [0.25, 0.3) is 0 Å². The van der Waals surface area contributed by atoms with E-state index < -0.39 is 0 Å². The SMILES string of the molecule is c1nc(CC2CCCNC2)c[nH]1. The van der Waals surface area contributed by atoms with Crippen LogP contribution in [0.2, 0.25) is 0 Å². The number of aromatic nitrogens is 2. The van der Waals surface area contributed by atoms with Gasteiger partial charge in [0.25, 0.3) is 0 Å². The van der Waals surface area contributed by atoms with Crippen molar-refractivity contribution in [3.63, 3.8) is 0 Å². The zero-order chi connectivity index (χ0) is 8.23. The number of hydrogen-bond acceptors (Lipinski definition) is 2. The van der Waals surface area contributed by atoms with Gasteiger partial charge >= 0.3 is 0 Å². The van der Waals surface area contributed by atoms with Crippen molar-refractivity contribution in [3.8, 4) is 0 Å². The zero-order valence-corrected chi connectivity index (χ0v) is 7.21. The van der Waals surface area contributed by atoms with Crippen LogP contribution in [0.4, 0.5) is 0 Å². The standard InChI is InChI=1S/C9H15N3/c1-2-8(5-10-3-1)4-9-6-11-7-12-9/h6-8,10H,1-5H2,(H,11,12). The van der Waals surface area contributed by atoms with E-state index in [1.165, 1.54) is 25.1 Å². The first-order valence-electron chi connectivity index (χ1n) is 4.63. The number of nitrogens with zero attached hydrogens (tertiary/aromatic N) is 1. The maximum Gasteiger partial charge on any atom is 0.0923 e. The van der Waals surface area contributed by atoms with Crippen molar-refractivity contribution in [1.29, 1.82) is 0 Å². The van der Waals surface area contributed by atoms with Gasteiger partial charge in [0.1, 0.15) is 0 Å². The minimum Gasteiger partial charge on any atom is -0.351 e. The van der Waals surface area contributed by atoms with Gasteiger partial charge < -0.3 is 10.3 Å². The van der Waals surface area contributed by atoms with E-state index >= 15 is 0 Å². The van der Waals surface area contributed by atoms with Gasteiger partial charge in [-0.1, -0.05) is 0 Å². The summed E-state index contributed by atoms with van der Waals surface area (Å²) in [5, 5.41) is 3.41. The van der Waals surface area contributed by atoms with Crippen molar-refractivity contribution in [3.05, 3.63) is 18.2 Å². The highest BCUT2D eigenvalue weighted by Gasteiger charge is 2.13. The second kappa shape index (κ2) is 3.72. The summed E-state index contributed by atoms with van der Waals surface area (Å²) in [6, 6.07) is 0. The van der Waals surface area contributed by atoms with Gasteiger partial charge in [0, 0.05) is 6.20 Å². The predicted octanol–water partition coefficient (Wildman–Crippen LogP) is 0.952. The van der Waals surface area contributed by atoms with E-state index in [9.17, 15) is 0 Å². The Kier molecular flexibility index (Phi) is 2.42. The minimum atomic E-state index is 0.794. The molecule has 1 aromatic heterocycles. The highest BCUT2D eigenvalue weighted by atomic mass is 14.9. The van der Waals surface area contributed by atoms with Crippen molar-refractivity contribution in [1.82, 2.24) is 15.3 Å². The van der Waals surface area contributed by atoms with E-state index in [4.69, 9.17) is 0 Å². The van der Waals surface area contributed by atoms with E-state index in [0.717, 1.165) is 18.9 Å². The summed E-state index contributed by atoms with van der Waals surface area (Å²) in [6.07, 6.45) is 7.53. The summed E-state index contributed by atoms with van der Waals surface area (Å²) in [5.74, 6) is 0.794. The van der Waals surface area contributed by atoms with Crippen LogP contribution in [-0.4, -0.2) is 23.1 Å². The van der Waals surface area contributed by atoms with Crippen LogP contribution in [0.15, 0.2) is 12.5 Å². The quantitative estimate of drug-likeness (QED) is 0.685. The number of imidazole rings is 1. The molecule has 0 saturated carbocycles. The smallest absolute Gasteiger partial charge is 0.0923 e. The summed E-state index contributed by atoms with van der Waals surface area (Å²) >= 11 is 0. The number of piperidine rings is 1. The molecule has 0 amide bonds. The normalized spacial score (nSPS) is 24.2. The molecule has 3 nitrogen and oxygen atoms in total. The van der Waals surface area contributed by atoms with Gasteiger partial charge in [-0.15, -0.1) is 0 Å². The van der Waals surface area contributed by atoms with Crippen LogP contribution in [-0.2, 0) is 6.42 Å². The first-order valence-corrected chi connectivity index (χ1v) is 4.63. The molecule has 0 aromatic carbocycles. The zero-order valence-electron chi connectivity index (χ0n) is 7.21. The third-order valence-corrected chi connectivity index (χ3v) is 2.45. The molecule has 1 aromatic rings. The van der Waals surface area contributed by atoms with E-state index in [1.807, 2.05) is 6.20 Å². The fourth-order valence-electron chi connectivity index (χ4n) is 1.80. The number of H-pyrrole nitrogens is 1. The summed E-state index contributed by atoms with van der Waals surface area (Å²) in [5.41, 5.74) is 1.20. The lowest BCUT2D eigenvalue weighted by molar-refractivity contribution is 0.374. The molecule has 0 bridgehead atoms. The molecule has 12 heavy (non-hydrogen) atoms. The maximum atomic E-state index is 4.23. The van der Waals surface area contributed by atoms with Gasteiger partial charge in [-0.2, -0.15) is 0 Å². The molecule has 1 saturated heterocycles. The van der Waals surface area contributed by atoms with Crippen molar-refractivity contribution in [2.24, 2.45) is 5.92 Å². The molecule has 3 heteroatoms. The van der Waals surface area contributed by atoms with Crippen LogP contribution >= 0.6 is 0 Å². The average molecular weight is 165 g/mol. The second-order valence-electron chi connectivity index (χ2n) is 3.48. The van der Waals surface area contributed by atoms with Crippen molar-refractivity contribution in [2.75, 3.05) is 13.1 Å². The topological polar surface area (TPSA) is 40.7 Å². The maximum absolute atomic E-state index is 4.23. The fraction of sp³-hybridized carbons (Fsp3) is 0.667. The molecule has 1 aliphatic rings. The Labute approximate surface area is 72.6 Å². The summed E-state index contributed by atoms with van der Waals surface area (Å²) in [4.78, 5) is 7.21. The fourth-order valence-corrected chi connectivity index (χ4v) is 1.80. The molecule has 0 aliphatic carbocycles. The van der Waals surface area contributed by atoms with Gasteiger partial charge in [0.05, 0.1) is 12.0 Å². The number of hydrogen-bond donors (Lipinski definition) is 2. The highest BCUT2D eigenvalue weighted by Crippen LogP contribution is 2.14. The van der Waals surface area contributed by atoms with Crippen LogP contribution < -0.4 is 5.32 Å². The first-order chi connectivity index (χ1) is 5.95. The largest absolute Gasteiger partial charge is 0.351 e. The van der Waals surface area contributed by atoms with E-state index in [2.05, 4.69) is 15.3 Å². The molecule has 0 radical (unpaired) electrons. The monoisotopic (exact) mass is 165 g/mol. The van der Waals surface area contributed by atoms with Crippen molar-refractivity contribution < 1.29 is 0 Å². The Morgan fingerprint density at radius 3 is 3.25 bits per heavy atom. The second-order valence-corrected chi connectivity index (χ2v) is 3.48.